The summed E-state index contributed by atoms with van der Waals surface area (Å²) in [5, 5.41) is 2.51. The van der Waals surface area contributed by atoms with E-state index < -0.39 is 5.41 Å². The molecule has 0 radical (unpaired) electrons. The Morgan fingerprint density at radius 1 is 0.400 bits per heavy atom. The molecule has 1 nitrogen and oxygen atoms in total. The summed E-state index contributed by atoms with van der Waals surface area (Å²) < 4.78 is 6.85. The van der Waals surface area contributed by atoms with E-state index in [1.165, 1.54) is 60.8 Å². The maximum Gasteiger partial charge on any atom is 0.139 e. The van der Waals surface area contributed by atoms with Crippen molar-refractivity contribution < 1.29 is 4.74 Å². The van der Waals surface area contributed by atoms with Crippen LogP contribution in [0, 0.1) is 0 Å². The van der Waals surface area contributed by atoms with E-state index in [1.807, 2.05) is 0 Å². The predicted molar refractivity (Wildman–Crippen MR) is 185 cm³/mol. The van der Waals surface area contributed by atoms with Crippen LogP contribution in [0.3, 0.4) is 0 Å². The minimum Gasteiger partial charge on any atom is -0.456 e. The van der Waals surface area contributed by atoms with Gasteiger partial charge < -0.3 is 4.74 Å². The van der Waals surface area contributed by atoms with Crippen LogP contribution in [0.1, 0.15) is 47.2 Å². The standard InChI is InChI=1S/C44H32O/c1-43(2)38-24-12-13-26-41(38)45-42-34(21-14-25-39(42)43)32-19-8-10-22-36(32)44(31-17-4-3-5-18-31)37-23-11-9-20-33(37)35-27-29-15-6-7-16-30(29)28-40(35)44/h3-28H,1-2H3. The van der Waals surface area contributed by atoms with Crippen LogP contribution in [0.4, 0.5) is 0 Å². The van der Waals surface area contributed by atoms with Gasteiger partial charge in [0.2, 0.25) is 0 Å². The van der Waals surface area contributed by atoms with Crippen LogP contribution in [0.2, 0.25) is 0 Å². The SMILES string of the molecule is CC1(C)c2ccccc2Oc2c(-c3ccccc3C3(c4ccccc4)c4ccccc4-c4cc5ccccc5cc43)cccc21. The Hall–Kier alpha value is -5.40. The van der Waals surface area contributed by atoms with Gasteiger partial charge in [0.15, 0.2) is 0 Å². The lowest BCUT2D eigenvalue weighted by atomic mass is 9.65. The van der Waals surface area contributed by atoms with Crippen LogP contribution in [-0.2, 0) is 10.8 Å². The fourth-order valence-corrected chi connectivity index (χ4v) is 8.13. The van der Waals surface area contributed by atoms with E-state index >= 15 is 0 Å². The summed E-state index contributed by atoms with van der Waals surface area (Å²) in [5.74, 6) is 1.88. The van der Waals surface area contributed by atoms with Crippen LogP contribution < -0.4 is 4.74 Å². The molecular weight excluding hydrogens is 544 g/mol. The summed E-state index contributed by atoms with van der Waals surface area (Å²) in [7, 11) is 0. The third kappa shape index (κ3) is 3.56. The van der Waals surface area contributed by atoms with Gasteiger partial charge in [-0.3, -0.25) is 0 Å². The first kappa shape index (κ1) is 26.0. The largest absolute Gasteiger partial charge is 0.456 e. The Balaban J connectivity index is 1.40. The highest BCUT2D eigenvalue weighted by Crippen LogP contribution is 2.59. The number of hydrogen-bond donors (Lipinski definition) is 0. The second kappa shape index (κ2) is 9.55. The van der Waals surface area contributed by atoms with Crippen molar-refractivity contribution in [2.24, 2.45) is 0 Å². The Labute approximate surface area is 264 Å². The number of rotatable bonds is 3. The molecule has 1 heterocycles. The number of benzene rings is 7. The highest BCUT2D eigenvalue weighted by Gasteiger charge is 2.48. The molecule has 1 atom stereocenters. The van der Waals surface area contributed by atoms with E-state index in [4.69, 9.17) is 4.74 Å². The molecule has 9 rings (SSSR count). The van der Waals surface area contributed by atoms with Crippen molar-refractivity contribution in [2.45, 2.75) is 24.7 Å². The minimum atomic E-state index is -0.529. The fraction of sp³-hybridized carbons (Fsp3) is 0.0909. The monoisotopic (exact) mass is 576 g/mol. The summed E-state index contributed by atoms with van der Waals surface area (Å²) in [6.07, 6.45) is 0. The van der Waals surface area contributed by atoms with Crippen LogP contribution in [-0.4, -0.2) is 0 Å². The van der Waals surface area contributed by atoms with Gasteiger partial charge in [0.1, 0.15) is 11.5 Å². The highest BCUT2D eigenvalue weighted by molar-refractivity contribution is 5.97. The quantitative estimate of drug-likeness (QED) is 0.203. The van der Waals surface area contributed by atoms with Gasteiger partial charge in [-0.15, -0.1) is 0 Å². The van der Waals surface area contributed by atoms with Gasteiger partial charge in [0.05, 0.1) is 5.41 Å². The highest BCUT2D eigenvalue weighted by atomic mass is 16.5. The molecule has 45 heavy (non-hydrogen) atoms. The van der Waals surface area contributed by atoms with Crippen LogP contribution in [0.5, 0.6) is 11.5 Å². The second-order valence-electron chi connectivity index (χ2n) is 12.9. The molecule has 0 bridgehead atoms. The Morgan fingerprint density at radius 3 is 1.67 bits per heavy atom. The molecule has 0 amide bonds. The molecule has 0 saturated heterocycles. The van der Waals surface area contributed by atoms with Crippen LogP contribution >= 0.6 is 0 Å². The Morgan fingerprint density at radius 2 is 0.933 bits per heavy atom. The smallest absolute Gasteiger partial charge is 0.139 e. The first-order chi connectivity index (χ1) is 22.1. The van der Waals surface area contributed by atoms with Crippen LogP contribution in [0.25, 0.3) is 33.0 Å². The van der Waals surface area contributed by atoms with Gasteiger partial charge in [-0.2, -0.15) is 0 Å². The molecule has 0 spiro atoms. The van der Waals surface area contributed by atoms with Crippen molar-refractivity contribution in [3.63, 3.8) is 0 Å². The third-order valence-corrected chi connectivity index (χ3v) is 10.2. The van der Waals surface area contributed by atoms with Gasteiger partial charge in [0.25, 0.3) is 0 Å². The molecule has 1 unspecified atom stereocenters. The van der Waals surface area contributed by atoms with Crippen molar-refractivity contribution in [3.8, 4) is 33.8 Å². The van der Waals surface area contributed by atoms with Gasteiger partial charge in [0, 0.05) is 22.1 Å². The molecule has 0 saturated carbocycles. The average Bonchev–Trinajstić information content (AvgIpc) is 3.37. The van der Waals surface area contributed by atoms with E-state index in [0.717, 1.165) is 17.1 Å². The van der Waals surface area contributed by atoms with Gasteiger partial charge in [-0.1, -0.05) is 153 Å². The molecule has 214 valence electrons. The summed E-state index contributed by atoms with van der Waals surface area (Å²) in [5.41, 5.74) is 11.7. The van der Waals surface area contributed by atoms with Gasteiger partial charge in [-0.05, 0) is 67.9 Å². The van der Waals surface area contributed by atoms with E-state index in [2.05, 4.69) is 172 Å². The van der Waals surface area contributed by atoms with E-state index in [0.29, 0.717) is 0 Å². The number of para-hydroxylation sites is 2. The Kier molecular flexibility index (Phi) is 5.53. The normalized spacial score (nSPS) is 17.1. The number of ether oxygens (including phenoxy) is 1. The van der Waals surface area contributed by atoms with Crippen LogP contribution in [0.15, 0.2) is 158 Å². The molecule has 1 aliphatic heterocycles. The fourth-order valence-electron chi connectivity index (χ4n) is 8.13. The lowest BCUT2D eigenvalue weighted by Gasteiger charge is -2.38. The summed E-state index contributed by atoms with van der Waals surface area (Å²) in [6.45, 7) is 4.62. The van der Waals surface area contributed by atoms with E-state index in [-0.39, 0.29) is 5.41 Å². The minimum absolute atomic E-state index is 0.197. The molecule has 7 aromatic rings. The van der Waals surface area contributed by atoms with Crippen molar-refractivity contribution in [3.05, 3.63) is 191 Å². The average molecular weight is 577 g/mol. The topological polar surface area (TPSA) is 9.23 Å². The second-order valence-corrected chi connectivity index (χ2v) is 12.9. The van der Waals surface area contributed by atoms with Gasteiger partial charge in [-0.25, -0.2) is 0 Å². The zero-order valence-electron chi connectivity index (χ0n) is 25.4. The maximum absolute atomic E-state index is 6.85. The molecule has 2 aliphatic rings. The van der Waals surface area contributed by atoms with Crippen molar-refractivity contribution in [1.29, 1.82) is 0 Å². The van der Waals surface area contributed by atoms with E-state index in [9.17, 15) is 0 Å². The molecule has 1 heteroatoms. The molecule has 0 aromatic heterocycles. The zero-order chi connectivity index (χ0) is 30.2. The third-order valence-electron chi connectivity index (χ3n) is 10.2. The Bertz CT molecular complexity index is 2280. The molecule has 7 aromatic carbocycles. The van der Waals surface area contributed by atoms with E-state index in [1.54, 1.807) is 0 Å². The van der Waals surface area contributed by atoms with Crippen molar-refractivity contribution in [2.75, 3.05) is 0 Å². The van der Waals surface area contributed by atoms with Gasteiger partial charge >= 0.3 is 0 Å². The lowest BCUT2D eigenvalue weighted by molar-refractivity contribution is 0.419. The molecule has 1 aliphatic carbocycles. The van der Waals surface area contributed by atoms with Crippen molar-refractivity contribution >= 4 is 10.8 Å². The first-order valence-corrected chi connectivity index (χ1v) is 15.8. The molecular formula is C44H32O. The summed E-state index contributed by atoms with van der Waals surface area (Å²) in [4.78, 5) is 0. The molecule has 0 N–H and O–H groups in total. The predicted octanol–water partition coefficient (Wildman–Crippen LogP) is 11.3. The van der Waals surface area contributed by atoms with Crippen molar-refractivity contribution in [1.82, 2.24) is 0 Å². The first-order valence-electron chi connectivity index (χ1n) is 15.8. The number of fused-ring (bicyclic) bond motifs is 6. The summed E-state index contributed by atoms with van der Waals surface area (Å²) >= 11 is 0. The zero-order valence-corrected chi connectivity index (χ0v) is 25.4. The summed E-state index contributed by atoms with van der Waals surface area (Å²) in [6, 6.07) is 57.7. The molecule has 0 fully saturated rings. The lowest BCUT2D eigenvalue weighted by Crippen LogP contribution is -2.29. The number of hydrogen-bond acceptors (Lipinski definition) is 1. The maximum atomic E-state index is 6.85.